The predicted octanol–water partition coefficient (Wildman–Crippen LogP) is 1.45. The molecule has 1 aliphatic heterocycles. The summed E-state index contributed by atoms with van der Waals surface area (Å²) in [7, 11) is 0. The molecule has 1 saturated heterocycles. The van der Waals surface area contributed by atoms with Crippen LogP contribution >= 0.6 is 11.6 Å². The summed E-state index contributed by atoms with van der Waals surface area (Å²) in [5.74, 6) is -2.08. The first-order valence-corrected chi connectivity index (χ1v) is 4.98. The van der Waals surface area contributed by atoms with Gasteiger partial charge in [0.2, 0.25) is 11.8 Å². The van der Waals surface area contributed by atoms with Gasteiger partial charge in [-0.2, -0.15) is 0 Å². The number of urea groups is 1. The van der Waals surface area contributed by atoms with Crippen LogP contribution in [0.4, 0.5) is 14.9 Å². The average molecular weight is 257 g/mol. The standard InChI is InChI=1S/C10H6ClFN2O3/c11-5-1-6(12)3-7(2-5)14-9(16)4-8(15)13-10(14)17/h1-3H,4H2,(H,13,15,17). The van der Waals surface area contributed by atoms with Crippen molar-refractivity contribution >= 4 is 35.1 Å². The van der Waals surface area contributed by atoms with Gasteiger partial charge < -0.3 is 0 Å². The molecule has 0 aliphatic carbocycles. The molecule has 7 heteroatoms. The van der Waals surface area contributed by atoms with Crippen LogP contribution in [0.2, 0.25) is 5.02 Å². The number of nitrogens with zero attached hydrogens (tertiary/aromatic N) is 1. The second-order valence-corrected chi connectivity index (χ2v) is 3.82. The van der Waals surface area contributed by atoms with Crippen LogP contribution in [0.1, 0.15) is 6.42 Å². The zero-order valence-corrected chi connectivity index (χ0v) is 9.12. The van der Waals surface area contributed by atoms with Gasteiger partial charge in [0.1, 0.15) is 12.2 Å². The number of carbonyl (C=O) groups is 3. The van der Waals surface area contributed by atoms with Gasteiger partial charge in [-0.1, -0.05) is 11.6 Å². The lowest BCUT2D eigenvalue weighted by Gasteiger charge is -2.24. The number of anilines is 1. The SMILES string of the molecule is O=C1CC(=O)N(c2cc(F)cc(Cl)c2)C(=O)N1. The molecule has 88 valence electrons. The zero-order chi connectivity index (χ0) is 12.6. The summed E-state index contributed by atoms with van der Waals surface area (Å²) < 4.78 is 13.1. The molecule has 0 bridgehead atoms. The van der Waals surface area contributed by atoms with Crippen LogP contribution in [0.15, 0.2) is 18.2 Å². The molecule has 0 atom stereocenters. The van der Waals surface area contributed by atoms with Gasteiger partial charge in [-0.3, -0.25) is 14.9 Å². The summed E-state index contributed by atoms with van der Waals surface area (Å²) in [6.07, 6.45) is -0.458. The van der Waals surface area contributed by atoms with Crippen LogP contribution < -0.4 is 10.2 Å². The molecule has 4 amide bonds. The van der Waals surface area contributed by atoms with Crippen molar-refractivity contribution in [2.75, 3.05) is 4.90 Å². The fourth-order valence-electron chi connectivity index (χ4n) is 1.48. The number of nitrogens with one attached hydrogen (secondary N) is 1. The highest BCUT2D eigenvalue weighted by Crippen LogP contribution is 2.23. The fourth-order valence-corrected chi connectivity index (χ4v) is 1.69. The van der Waals surface area contributed by atoms with Gasteiger partial charge in [-0.25, -0.2) is 14.1 Å². The molecule has 2 rings (SSSR count). The van der Waals surface area contributed by atoms with Crippen LogP contribution in [0.5, 0.6) is 0 Å². The summed E-state index contributed by atoms with van der Waals surface area (Å²) >= 11 is 5.62. The number of carbonyl (C=O) groups excluding carboxylic acids is 3. The molecule has 1 fully saturated rings. The molecule has 17 heavy (non-hydrogen) atoms. The number of benzene rings is 1. The lowest BCUT2D eigenvalue weighted by atomic mass is 10.2. The third kappa shape index (κ3) is 2.26. The van der Waals surface area contributed by atoms with Crippen molar-refractivity contribution in [3.05, 3.63) is 29.0 Å². The molecule has 0 saturated carbocycles. The second-order valence-electron chi connectivity index (χ2n) is 3.39. The van der Waals surface area contributed by atoms with E-state index in [-0.39, 0.29) is 10.7 Å². The maximum Gasteiger partial charge on any atom is 0.335 e. The molecular weight excluding hydrogens is 251 g/mol. The number of amides is 4. The van der Waals surface area contributed by atoms with Crippen LogP contribution in [0.3, 0.4) is 0 Å². The monoisotopic (exact) mass is 256 g/mol. The summed E-state index contributed by atoms with van der Waals surface area (Å²) in [5, 5.41) is 2.01. The maximum absolute atomic E-state index is 13.1. The van der Waals surface area contributed by atoms with E-state index in [9.17, 15) is 18.8 Å². The van der Waals surface area contributed by atoms with E-state index in [4.69, 9.17) is 11.6 Å². The average Bonchev–Trinajstić information content (AvgIpc) is 2.13. The van der Waals surface area contributed by atoms with Crippen molar-refractivity contribution in [3.8, 4) is 0 Å². The molecule has 1 aliphatic rings. The first-order chi connectivity index (χ1) is 7.97. The molecule has 5 nitrogen and oxygen atoms in total. The normalized spacial score (nSPS) is 16.1. The van der Waals surface area contributed by atoms with Gasteiger partial charge in [0.15, 0.2) is 0 Å². The van der Waals surface area contributed by atoms with Crippen LogP contribution in [-0.2, 0) is 9.59 Å². The van der Waals surface area contributed by atoms with Gasteiger partial charge in [0, 0.05) is 5.02 Å². The smallest absolute Gasteiger partial charge is 0.277 e. The van der Waals surface area contributed by atoms with Gasteiger partial charge in [0.05, 0.1) is 5.69 Å². The van der Waals surface area contributed by atoms with Gasteiger partial charge in [-0.15, -0.1) is 0 Å². The first kappa shape index (κ1) is 11.5. The largest absolute Gasteiger partial charge is 0.335 e. The van der Waals surface area contributed by atoms with E-state index >= 15 is 0 Å². The van der Waals surface area contributed by atoms with Gasteiger partial charge in [0.25, 0.3) is 0 Å². The van der Waals surface area contributed by atoms with Crippen molar-refractivity contribution in [1.82, 2.24) is 5.32 Å². The van der Waals surface area contributed by atoms with Crippen LogP contribution in [-0.4, -0.2) is 17.8 Å². The highest BCUT2D eigenvalue weighted by Gasteiger charge is 2.32. The van der Waals surface area contributed by atoms with Crippen molar-refractivity contribution in [2.24, 2.45) is 0 Å². The number of imide groups is 2. The molecule has 0 radical (unpaired) electrons. The summed E-state index contributed by atoms with van der Waals surface area (Å²) in [6.45, 7) is 0. The minimum Gasteiger partial charge on any atom is -0.277 e. The molecule has 1 N–H and O–H groups in total. The highest BCUT2D eigenvalue weighted by atomic mass is 35.5. The van der Waals surface area contributed by atoms with Crippen molar-refractivity contribution < 1.29 is 18.8 Å². The number of rotatable bonds is 1. The fraction of sp³-hybridized carbons (Fsp3) is 0.100. The summed E-state index contributed by atoms with van der Waals surface area (Å²) in [6, 6.07) is 2.38. The molecule has 0 spiro atoms. The van der Waals surface area contributed by atoms with E-state index in [0.29, 0.717) is 4.90 Å². The van der Waals surface area contributed by atoms with Gasteiger partial charge >= 0.3 is 6.03 Å². The first-order valence-electron chi connectivity index (χ1n) is 4.60. The van der Waals surface area contributed by atoms with Gasteiger partial charge in [-0.05, 0) is 18.2 Å². The molecule has 1 heterocycles. The maximum atomic E-state index is 13.1. The Kier molecular flexibility index (Phi) is 2.81. The number of barbiturate groups is 1. The Bertz CT molecular complexity index is 492. The lowest BCUT2D eigenvalue weighted by Crippen LogP contribution is -2.52. The van der Waals surface area contributed by atoms with E-state index in [1.54, 1.807) is 0 Å². The number of hydrogen-bond donors (Lipinski definition) is 1. The lowest BCUT2D eigenvalue weighted by molar-refractivity contribution is -0.128. The zero-order valence-electron chi connectivity index (χ0n) is 8.37. The Hall–Kier alpha value is -1.95. The second kappa shape index (κ2) is 4.14. The van der Waals surface area contributed by atoms with Crippen LogP contribution in [0.25, 0.3) is 0 Å². The summed E-state index contributed by atoms with van der Waals surface area (Å²) in [4.78, 5) is 34.6. The summed E-state index contributed by atoms with van der Waals surface area (Å²) in [5.41, 5.74) is -0.00926. The number of halogens is 2. The molecule has 0 aromatic heterocycles. The molecule has 0 unspecified atom stereocenters. The van der Waals surface area contributed by atoms with Crippen molar-refractivity contribution in [3.63, 3.8) is 0 Å². The molecule has 1 aromatic carbocycles. The Morgan fingerprint density at radius 2 is 1.94 bits per heavy atom. The molecule has 1 aromatic rings. The van der Waals surface area contributed by atoms with Crippen LogP contribution in [0, 0.1) is 5.82 Å². The van der Waals surface area contributed by atoms with Crippen molar-refractivity contribution in [1.29, 1.82) is 0 Å². The highest BCUT2D eigenvalue weighted by molar-refractivity contribution is 6.31. The van der Waals surface area contributed by atoms with E-state index in [2.05, 4.69) is 0 Å². The quantitative estimate of drug-likeness (QED) is 0.774. The topological polar surface area (TPSA) is 66.5 Å². The minimum absolute atomic E-state index is 0.00926. The van der Waals surface area contributed by atoms with E-state index in [1.807, 2.05) is 5.32 Å². The van der Waals surface area contributed by atoms with Crippen molar-refractivity contribution in [2.45, 2.75) is 6.42 Å². The van der Waals surface area contributed by atoms with E-state index < -0.39 is 30.1 Å². The Balaban J connectivity index is 2.41. The van der Waals surface area contributed by atoms with E-state index in [1.165, 1.54) is 6.07 Å². The minimum atomic E-state index is -0.909. The Morgan fingerprint density at radius 1 is 1.24 bits per heavy atom. The predicted molar refractivity (Wildman–Crippen MR) is 57.1 cm³/mol. The van der Waals surface area contributed by atoms with E-state index in [0.717, 1.165) is 12.1 Å². The third-order valence-corrected chi connectivity index (χ3v) is 2.33. The molecular formula is C10H6ClFN2O3. The Morgan fingerprint density at radius 3 is 2.53 bits per heavy atom. The number of hydrogen-bond acceptors (Lipinski definition) is 3. The third-order valence-electron chi connectivity index (χ3n) is 2.12. The Labute approximate surface area is 100 Å².